The topological polar surface area (TPSA) is 56.4 Å². The Morgan fingerprint density at radius 3 is 1.01 bits per heavy atom. The van der Waals surface area contributed by atoms with E-state index in [0.717, 1.165) is 24.0 Å². The van der Waals surface area contributed by atoms with Gasteiger partial charge in [0.15, 0.2) is 0 Å². The number of benzene rings is 5. The van der Waals surface area contributed by atoms with Crippen LogP contribution < -0.4 is 0 Å². The Bertz CT molecular complexity index is 3580. The van der Waals surface area contributed by atoms with E-state index in [0.29, 0.717) is 0 Å². The molecule has 354 valence electrons. The first-order chi connectivity index (χ1) is 33.7. The first-order valence-electron chi connectivity index (χ1n) is 28.1. The summed E-state index contributed by atoms with van der Waals surface area (Å²) in [4.78, 5) is 0. The summed E-state index contributed by atoms with van der Waals surface area (Å²) in [6.45, 7) is 14.4. The Morgan fingerprint density at radius 1 is 0.386 bits per heavy atom. The van der Waals surface area contributed by atoms with Crippen molar-refractivity contribution in [2.24, 2.45) is 10.8 Å². The standard InChI is InChI=1S/C66H70N4/c1-61(2,3)35-39-27-45-43-33-50-44(34-49(43)69-51-31-41(37-67)55-57(53(51)47(29-39)59(45)69)65(19-11-12-20-65)25-23-63(55)15-7-8-16-63)46-28-40(36-62(4,5)6)30-48-54-52(70(50)60(46)48)32-42(38-68)56-58(54)66(21-13-14-22-66)26-24-64(56)17-9-10-18-64/h27-34H,7-26,35-36H2,1-6H3. The van der Waals surface area contributed by atoms with E-state index in [9.17, 15) is 10.5 Å². The lowest BCUT2D eigenvalue weighted by Crippen LogP contribution is -2.39. The maximum Gasteiger partial charge on any atom is 0.0995 e. The molecule has 4 saturated carbocycles. The average Bonchev–Trinajstić information content (AvgIpc) is 4.20. The molecule has 9 aromatic rings. The van der Waals surface area contributed by atoms with E-state index in [1.807, 2.05) is 0 Å². The normalized spacial score (nSPS) is 21.5. The van der Waals surface area contributed by atoms with Gasteiger partial charge in [-0.05, 0) is 204 Å². The van der Waals surface area contributed by atoms with Crippen LogP contribution in [0.2, 0.25) is 0 Å². The summed E-state index contributed by atoms with van der Waals surface area (Å²) in [7, 11) is 0. The highest BCUT2D eigenvalue weighted by atomic mass is 14.9. The molecule has 4 heterocycles. The molecule has 0 amide bonds. The van der Waals surface area contributed by atoms with Crippen LogP contribution >= 0.6 is 0 Å². The first kappa shape index (κ1) is 42.4. The highest BCUT2D eigenvalue weighted by Crippen LogP contribution is 2.64. The molecule has 5 aromatic carbocycles. The van der Waals surface area contributed by atoms with Crippen LogP contribution in [0, 0.1) is 33.5 Å². The third-order valence-corrected chi connectivity index (χ3v) is 20.8. The van der Waals surface area contributed by atoms with Crippen LogP contribution in [0.4, 0.5) is 0 Å². The summed E-state index contributed by atoms with van der Waals surface area (Å²) >= 11 is 0. The molecule has 4 nitrogen and oxygen atoms in total. The second-order valence-corrected chi connectivity index (χ2v) is 27.4. The van der Waals surface area contributed by atoms with Gasteiger partial charge < -0.3 is 8.80 Å². The van der Waals surface area contributed by atoms with Crippen LogP contribution in [0.25, 0.3) is 76.2 Å². The zero-order chi connectivity index (χ0) is 47.5. The zero-order valence-corrected chi connectivity index (χ0v) is 43.0. The minimum Gasteiger partial charge on any atom is -0.308 e. The predicted molar refractivity (Wildman–Crippen MR) is 291 cm³/mol. The van der Waals surface area contributed by atoms with E-state index in [1.54, 1.807) is 11.1 Å². The number of nitrogens with zero attached hydrogens (tertiary/aromatic N) is 4. The van der Waals surface area contributed by atoms with Crippen molar-refractivity contribution in [2.75, 3.05) is 0 Å². The van der Waals surface area contributed by atoms with Gasteiger partial charge in [-0.15, -0.1) is 0 Å². The predicted octanol–water partition coefficient (Wildman–Crippen LogP) is 17.7. The molecule has 4 spiro atoms. The molecule has 0 bridgehead atoms. The molecule has 0 saturated heterocycles. The quantitative estimate of drug-likeness (QED) is 0.173. The van der Waals surface area contributed by atoms with E-state index >= 15 is 0 Å². The fourth-order valence-electron chi connectivity index (χ4n) is 18.4. The van der Waals surface area contributed by atoms with E-state index in [2.05, 4.69) is 111 Å². The maximum absolute atomic E-state index is 11.4. The first-order valence-corrected chi connectivity index (χ1v) is 28.1. The van der Waals surface area contributed by atoms with Gasteiger partial charge in [0, 0.05) is 43.1 Å². The molecule has 4 aromatic heterocycles. The van der Waals surface area contributed by atoms with Gasteiger partial charge in [-0.1, -0.05) is 92.9 Å². The number of hydrogen-bond donors (Lipinski definition) is 0. The molecular formula is C66H70N4. The molecule has 0 unspecified atom stereocenters. The van der Waals surface area contributed by atoms with Gasteiger partial charge >= 0.3 is 0 Å². The summed E-state index contributed by atoms with van der Waals surface area (Å²) in [5.74, 6) is 0. The molecule has 0 atom stereocenters. The Kier molecular flexibility index (Phi) is 8.35. The third-order valence-electron chi connectivity index (χ3n) is 20.8. The van der Waals surface area contributed by atoms with Gasteiger partial charge in [-0.3, -0.25) is 0 Å². The van der Waals surface area contributed by atoms with Crippen LogP contribution in [0.5, 0.6) is 0 Å². The molecular weight excluding hydrogens is 849 g/mol. The fourth-order valence-corrected chi connectivity index (χ4v) is 18.4. The zero-order valence-electron chi connectivity index (χ0n) is 43.0. The minimum atomic E-state index is 0.125. The number of rotatable bonds is 2. The van der Waals surface area contributed by atoms with Crippen molar-refractivity contribution < 1.29 is 0 Å². The molecule has 4 heteroatoms. The van der Waals surface area contributed by atoms with Crippen LogP contribution in [0.3, 0.4) is 0 Å². The molecule has 4 fully saturated rings. The lowest BCUT2D eigenvalue weighted by molar-refractivity contribution is 0.272. The molecule has 0 radical (unpaired) electrons. The van der Waals surface area contributed by atoms with Gasteiger partial charge in [0.05, 0.1) is 56.4 Å². The second-order valence-electron chi connectivity index (χ2n) is 27.4. The Morgan fingerprint density at radius 2 is 0.700 bits per heavy atom. The summed E-state index contributed by atoms with van der Waals surface area (Å²) in [6, 6.07) is 26.1. The highest BCUT2D eigenvalue weighted by Gasteiger charge is 2.53. The van der Waals surface area contributed by atoms with Crippen molar-refractivity contribution in [3.8, 4) is 12.1 Å². The fraction of sp³-hybridized carbons (Fsp3) is 0.515. The molecule has 15 rings (SSSR count). The monoisotopic (exact) mass is 919 g/mol. The summed E-state index contributed by atoms with van der Waals surface area (Å²) in [6.07, 6.45) is 27.2. The van der Waals surface area contributed by atoms with Crippen molar-refractivity contribution in [3.63, 3.8) is 0 Å². The van der Waals surface area contributed by atoms with Gasteiger partial charge in [0.2, 0.25) is 0 Å². The Labute approximate surface area is 414 Å². The van der Waals surface area contributed by atoms with Gasteiger partial charge in [-0.2, -0.15) is 10.5 Å². The molecule has 6 aliphatic carbocycles. The van der Waals surface area contributed by atoms with Crippen molar-refractivity contribution >= 4 is 76.2 Å². The van der Waals surface area contributed by atoms with Gasteiger partial charge in [0.25, 0.3) is 0 Å². The Balaban J connectivity index is 1.12. The average molecular weight is 919 g/mol. The number of nitriles is 2. The second kappa shape index (κ2) is 13.8. The van der Waals surface area contributed by atoms with Crippen molar-refractivity contribution in [2.45, 2.75) is 204 Å². The van der Waals surface area contributed by atoms with E-state index < -0.39 is 0 Å². The highest BCUT2D eigenvalue weighted by molar-refractivity contribution is 6.30. The van der Waals surface area contributed by atoms with Crippen molar-refractivity contribution in [3.05, 3.63) is 93.0 Å². The summed E-state index contributed by atoms with van der Waals surface area (Å²) < 4.78 is 5.29. The lowest BCUT2D eigenvalue weighted by atomic mass is 9.57. The van der Waals surface area contributed by atoms with Gasteiger partial charge in [-0.25, -0.2) is 0 Å². The van der Waals surface area contributed by atoms with E-state index in [4.69, 9.17) is 0 Å². The van der Waals surface area contributed by atoms with Crippen molar-refractivity contribution in [1.82, 2.24) is 8.80 Å². The van der Waals surface area contributed by atoms with E-state index in [-0.39, 0.29) is 32.5 Å². The third kappa shape index (κ3) is 5.37. The van der Waals surface area contributed by atoms with Crippen LogP contribution in [-0.2, 0) is 34.5 Å². The van der Waals surface area contributed by atoms with E-state index in [1.165, 1.54) is 227 Å². The minimum absolute atomic E-state index is 0.125. The SMILES string of the molecule is CC(C)(C)Cc1cc2c3cc4c(cc3n3c5cc(C#N)c6c(c5c(c1)c23)C1(CCCC1)CCC61CCCC1)c1cc(CC(C)(C)C)cc2c3c5c(c(C#N)cc3n4c12)C1(CCCC1)CCC51CCCC1. The lowest BCUT2D eigenvalue weighted by Gasteiger charge is -2.46. The van der Waals surface area contributed by atoms with Crippen LogP contribution in [0.15, 0.2) is 48.5 Å². The number of hydrogen-bond acceptors (Lipinski definition) is 2. The van der Waals surface area contributed by atoms with Crippen LogP contribution in [-0.4, -0.2) is 8.80 Å². The number of fused-ring (bicyclic) bond motifs is 20. The van der Waals surface area contributed by atoms with Crippen LogP contribution in [0.1, 0.15) is 214 Å². The summed E-state index contributed by atoms with van der Waals surface area (Å²) in [5, 5.41) is 33.9. The smallest absolute Gasteiger partial charge is 0.0995 e. The van der Waals surface area contributed by atoms with Gasteiger partial charge in [0.1, 0.15) is 0 Å². The maximum atomic E-state index is 11.4. The Hall–Kier alpha value is -5.32. The molecule has 6 aliphatic rings. The largest absolute Gasteiger partial charge is 0.308 e. The number of aromatic nitrogens is 2. The molecule has 70 heavy (non-hydrogen) atoms. The molecule has 0 aliphatic heterocycles. The van der Waals surface area contributed by atoms with Crippen molar-refractivity contribution in [1.29, 1.82) is 10.5 Å². The molecule has 0 N–H and O–H groups in total. The summed E-state index contributed by atoms with van der Waals surface area (Å²) in [5.41, 5.74) is 19.4.